The lowest BCUT2D eigenvalue weighted by molar-refractivity contribution is 1.01. The zero-order valence-corrected chi connectivity index (χ0v) is 15.5. The molecule has 0 radical (unpaired) electrons. The average Bonchev–Trinajstić information content (AvgIpc) is 3.39. The molecule has 6 heteroatoms. The van der Waals surface area contributed by atoms with E-state index in [9.17, 15) is 4.79 Å². The van der Waals surface area contributed by atoms with E-state index >= 15 is 0 Å². The number of benzene rings is 1. The van der Waals surface area contributed by atoms with Gasteiger partial charge in [-0.3, -0.25) is 9.36 Å². The molecule has 0 aliphatic heterocycles. The minimum atomic E-state index is -0.0584. The number of anilines is 1. The third-order valence-corrected chi connectivity index (χ3v) is 6.08. The highest BCUT2D eigenvalue weighted by Gasteiger charge is 2.23. The first-order valence-electron chi connectivity index (χ1n) is 8.86. The largest absolute Gasteiger partial charge is 0.382 e. The Morgan fingerprint density at radius 1 is 1.30 bits per heavy atom. The third kappa shape index (κ3) is 2.59. The summed E-state index contributed by atoms with van der Waals surface area (Å²) in [7, 11) is 0. The van der Waals surface area contributed by atoms with Crippen LogP contribution in [0.3, 0.4) is 0 Å². The lowest BCUT2D eigenvalue weighted by Gasteiger charge is -2.08. The maximum Gasteiger partial charge on any atom is 0.273 e. The number of nitriles is 1. The topological polar surface area (TPSA) is 70.7 Å². The fraction of sp³-hybridized carbons (Fsp3) is 0.190. The lowest BCUT2D eigenvalue weighted by Crippen LogP contribution is -2.16. The summed E-state index contributed by atoms with van der Waals surface area (Å²) in [5, 5.41) is 14.6. The quantitative estimate of drug-likeness (QED) is 0.580. The molecule has 1 saturated carbocycles. The number of nitrogens with zero attached hydrogens (tertiary/aromatic N) is 3. The molecule has 0 amide bonds. The Balaban J connectivity index is 1.72. The second kappa shape index (κ2) is 5.93. The molecule has 0 atom stereocenters. The number of pyridine rings is 2. The monoisotopic (exact) mass is 372 g/mol. The van der Waals surface area contributed by atoms with Crippen LogP contribution in [-0.2, 0) is 0 Å². The van der Waals surface area contributed by atoms with Crippen LogP contribution in [0.25, 0.3) is 26.0 Å². The van der Waals surface area contributed by atoms with Crippen LogP contribution in [0.15, 0.2) is 47.5 Å². The Morgan fingerprint density at radius 3 is 2.89 bits per heavy atom. The van der Waals surface area contributed by atoms with Crippen LogP contribution in [0.5, 0.6) is 0 Å². The van der Waals surface area contributed by atoms with E-state index in [-0.39, 0.29) is 5.56 Å². The van der Waals surface area contributed by atoms with Gasteiger partial charge in [0.1, 0.15) is 9.53 Å². The highest BCUT2D eigenvalue weighted by atomic mass is 32.1. The summed E-state index contributed by atoms with van der Waals surface area (Å²) in [4.78, 5) is 18.5. The fourth-order valence-corrected chi connectivity index (χ4v) is 4.48. The first-order chi connectivity index (χ1) is 13.2. The molecule has 0 bridgehead atoms. The van der Waals surface area contributed by atoms with Crippen molar-refractivity contribution in [3.63, 3.8) is 0 Å². The predicted octanol–water partition coefficient (Wildman–Crippen LogP) is 4.35. The van der Waals surface area contributed by atoms with Crippen molar-refractivity contribution in [3.8, 4) is 11.8 Å². The van der Waals surface area contributed by atoms with Crippen LogP contribution in [0.1, 0.15) is 24.0 Å². The molecule has 1 aliphatic carbocycles. The number of hydrogen-bond donors (Lipinski definition) is 1. The van der Waals surface area contributed by atoms with Crippen molar-refractivity contribution in [3.05, 3.63) is 64.2 Å². The van der Waals surface area contributed by atoms with E-state index < -0.39 is 0 Å². The van der Waals surface area contributed by atoms with Crippen molar-refractivity contribution in [2.24, 2.45) is 0 Å². The van der Waals surface area contributed by atoms with Crippen molar-refractivity contribution in [1.82, 2.24) is 9.55 Å². The third-order valence-electron chi connectivity index (χ3n) is 4.98. The molecule has 1 fully saturated rings. The normalized spacial score (nSPS) is 13.8. The molecule has 1 N–H and O–H groups in total. The summed E-state index contributed by atoms with van der Waals surface area (Å²) in [6.45, 7) is 1.88. The first-order valence-corrected chi connectivity index (χ1v) is 9.68. The van der Waals surface area contributed by atoms with Crippen LogP contribution in [-0.4, -0.2) is 15.6 Å². The molecule has 27 heavy (non-hydrogen) atoms. The Hall–Kier alpha value is -3.17. The molecule has 4 aromatic rings. The minimum Gasteiger partial charge on any atom is -0.382 e. The van der Waals surface area contributed by atoms with Crippen molar-refractivity contribution >= 4 is 37.3 Å². The number of thiophene rings is 1. The van der Waals surface area contributed by atoms with Gasteiger partial charge in [-0.25, -0.2) is 4.98 Å². The number of rotatable bonds is 3. The molecule has 5 nitrogen and oxygen atoms in total. The zero-order valence-electron chi connectivity index (χ0n) is 14.7. The Bertz CT molecular complexity index is 1310. The first kappa shape index (κ1) is 16.0. The summed E-state index contributed by atoms with van der Waals surface area (Å²) < 4.78 is 2.34. The molecule has 3 aromatic heterocycles. The SMILES string of the molecule is Cc1cc(-n2ccc3c(sc4nccc(NC5CC5)c43)c2=O)ccc1C#N. The second-order valence-electron chi connectivity index (χ2n) is 6.90. The number of aryl methyl sites for hydroxylation is 1. The van der Waals surface area contributed by atoms with Gasteiger partial charge < -0.3 is 5.32 Å². The summed E-state index contributed by atoms with van der Waals surface area (Å²) in [6, 6.07) is 12.1. The standard InChI is InChI=1S/C21H16N4OS/c1-12-10-15(5-2-13(12)11-22)25-9-7-16-18-17(24-14-3-4-14)6-8-23-20(18)27-19(16)21(25)26/h2,5-10,14H,3-4H2,1H3,(H,23,24). The van der Waals surface area contributed by atoms with Gasteiger partial charge in [-0.1, -0.05) is 0 Å². The minimum absolute atomic E-state index is 0.0584. The van der Waals surface area contributed by atoms with Gasteiger partial charge in [0.15, 0.2) is 0 Å². The molecule has 0 unspecified atom stereocenters. The Morgan fingerprint density at radius 2 is 2.15 bits per heavy atom. The predicted molar refractivity (Wildman–Crippen MR) is 109 cm³/mol. The van der Waals surface area contributed by atoms with Crippen LogP contribution < -0.4 is 10.9 Å². The molecular formula is C21H16N4OS. The van der Waals surface area contributed by atoms with Gasteiger partial charge in [0.2, 0.25) is 0 Å². The summed E-state index contributed by atoms with van der Waals surface area (Å²) in [5.74, 6) is 0. The number of fused-ring (bicyclic) bond motifs is 3. The molecule has 1 aliphatic rings. The van der Waals surface area contributed by atoms with Gasteiger partial charge in [-0.05, 0) is 55.7 Å². The molecular weight excluding hydrogens is 356 g/mol. The van der Waals surface area contributed by atoms with Crippen molar-refractivity contribution in [2.75, 3.05) is 5.32 Å². The zero-order chi connectivity index (χ0) is 18.5. The number of nitrogens with one attached hydrogen (secondary N) is 1. The van der Waals surface area contributed by atoms with Crippen LogP contribution in [0.4, 0.5) is 5.69 Å². The maximum absolute atomic E-state index is 13.2. The van der Waals surface area contributed by atoms with Crippen LogP contribution in [0, 0.1) is 18.3 Å². The molecule has 132 valence electrons. The average molecular weight is 372 g/mol. The second-order valence-corrected chi connectivity index (χ2v) is 7.90. The highest BCUT2D eigenvalue weighted by Crippen LogP contribution is 2.37. The van der Waals surface area contributed by atoms with Crippen LogP contribution >= 0.6 is 11.3 Å². The Labute approximate surface area is 159 Å². The van der Waals surface area contributed by atoms with Crippen molar-refractivity contribution in [1.29, 1.82) is 5.26 Å². The number of aromatic nitrogens is 2. The van der Waals surface area contributed by atoms with E-state index in [1.165, 1.54) is 24.2 Å². The molecule has 3 heterocycles. The van der Waals surface area contributed by atoms with E-state index in [1.807, 2.05) is 37.4 Å². The lowest BCUT2D eigenvalue weighted by atomic mass is 10.1. The summed E-state index contributed by atoms with van der Waals surface area (Å²) >= 11 is 1.43. The van der Waals surface area contributed by atoms with Crippen LogP contribution in [0.2, 0.25) is 0 Å². The maximum atomic E-state index is 13.2. The molecule has 1 aromatic carbocycles. The van der Waals surface area contributed by atoms with E-state index in [1.54, 1.807) is 16.8 Å². The summed E-state index contributed by atoms with van der Waals surface area (Å²) in [6.07, 6.45) is 5.99. The van der Waals surface area contributed by atoms with E-state index in [2.05, 4.69) is 16.4 Å². The van der Waals surface area contributed by atoms with E-state index in [0.29, 0.717) is 16.3 Å². The van der Waals surface area contributed by atoms with E-state index in [0.717, 1.165) is 32.5 Å². The fourth-order valence-electron chi connectivity index (χ4n) is 3.38. The van der Waals surface area contributed by atoms with Crippen molar-refractivity contribution < 1.29 is 0 Å². The van der Waals surface area contributed by atoms with Gasteiger partial charge >= 0.3 is 0 Å². The van der Waals surface area contributed by atoms with Crippen molar-refractivity contribution in [2.45, 2.75) is 25.8 Å². The van der Waals surface area contributed by atoms with Gasteiger partial charge in [0.05, 0.1) is 11.6 Å². The molecule has 5 rings (SSSR count). The smallest absolute Gasteiger partial charge is 0.273 e. The highest BCUT2D eigenvalue weighted by molar-refractivity contribution is 7.25. The number of hydrogen-bond acceptors (Lipinski definition) is 5. The van der Waals surface area contributed by atoms with Gasteiger partial charge in [-0.2, -0.15) is 5.26 Å². The van der Waals surface area contributed by atoms with Gasteiger partial charge in [0, 0.05) is 40.6 Å². The molecule has 0 saturated heterocycles. The Kier molecular flexibility index (Phi) is 3.52. The van der Waals surface area contributed by atoms with E-state index in [4.69, 9.17) is 5.26 Å². The molecule has 0 spiro atoms. The summed E-state index contributed by atoms with van der Waals surface area (Å²) in [5.41, 5.74) is 3.24. The van der Waals surface area contributed by atoms with Gasteiger partial charge in [0.25, 0.3) is 5.56 Å². The van der Waals surface area contributed by atoms with Gasteiger partial charge in [-0.15, -0.1) is 11.3 Å².